The Bertz CT molecular complexity index is 800. The third-order valence-electron chi connectivity index (χ3n) is 3.35. The number of phenols is 1. The van der Waals surface area contributed by atoms with Crippen LogP contribution in [0.15, 0.2) is 30.3 Å². The van der Waals surface area contributed by atoms with Gasteiger partial charge in [-0.05, 0) is 0 Å². The van der Waals surface area contributed by atoms with Gasteiger partial charge in [-0.1, -0.05) is 0 Å². The Morgan fingerprint density at radius 3 is 2.39 bits per heavy atom. The molecule has 10 heteroatoms. The van der Waals surface area contributed by atoms with Crippen LogP contribution >= 0.6 is 16.5 Å². The quantitative estimate of drug-likeness (QED) is 0.280. The molecule has 112 valence electrons. The van der Waals surface area contributed by atoms with Gasteiger partial charge in [0.25, 0.3) is 0 Å². The predicted molar refractivity (Wildman–Crippen MR) is 78.1 cm³/mol. The molecular formula is C13H7Cl2Hg2NO5. The van der Waals surface area contributed by atoms with Crippen molar-refractivity contribution in [3.05, 3.63) is 46.0 Å². The van der Waals surface area contributed by atoms with Gasteiger partial charge in [0.1, 0.15) is 0 Å². The van der Waals surface area contributed by atoms with Crippen molar-refractivity contribution >= 4 is 34.3 Å². The van der Waals surface area contributed by atoms with E-state index in [2.05, 4.69) is 0 Å². The van der Waals surface area contributed by atoms with E-state index in [1.807, 2.05) is 0 Å². The Kier molecular flexibility index (Phi) is 6.65. The van der Waals surface area contributed by atoms with Crippen LogP contribution < -0.4 is 6.14 Å². The number of aromatic hydroxyl groups is 1. The third-order valence-corrected chi connectivity index (χ3v) is 15.3. The topological polar surface area (TPSA) is 101 Å². The summed E-state index contributed by atoms with van der Waals surface area (Å²) in [5, 5.41) is 31.1. The molecule has 2 rings (SSSR count). The Morgan fingerprint density at radius 1 is 1.22 bits per heavy atom. The second-order valence-electron chi connectivity index (χ2n) is 4.63. The van der Waals surface area contributed by atoms with E-state index < -0.39 is 57.6 Å². The van der Waals surface area contributed by atoms with Crippen LogP contribution in [0.5, 0.6) is 5.75 Å². The summed E-state index contributed by atoms with van der Waals surface area (Å²) in [6.07, 6.45) is 0. The Hall–Kier alpha value is -0.440. The third kappa shape index (κ3) is 3.81. The van der Waals surface area contributed by atoms with Crippen LogP contribution in [-0.2, 0) is 46.7 Å². The zero-order valence-electron chi connectivity index (χ0n) is 11.6. The van der Waals surface area contributed by atoms with Gasteiger partial charge in [-0.2, -0.15) is 0 Å². The molecule has 2 aromatic rings. The molecule has 0 bridgehead atoms. The summed E-state index contributed by atoms with van der Waals surface area (Å²) < 4.78 is 0.681. The molecule has 0 saturated carbocycles. The van der Waals surface area contributed by atoms with Gasteiger partial charge >= 0.3 is 164 Å². The van der Waals surface area contributed by atoms with E-state index >= 15 is 0 Å². The Labute approximate surface area is 162 Å². The monoisotopic (exact) mass is 731 g/mol. The average Bonchev–Trinajstić information content (AvgIpc) is 2.53. The number of aromatic carboxylic acids is 1. The van der Waals surface area contributed by atoms with E-state index in [9.17, 15) is 25.1 Å². The predicted octanol–water partition coefficient (Wildman–Crippen LogP) is 2.39. The molecule has 0 fully saturated rings. The van der Waals surface area contributed by atoms with Crippen LogP contribution in [0, 0.1) is 10.1 Å². The molecule has 0 amide bonds. The maximum atomic E-state index is 11.6. The number of carboxylic acids is 1. The SMILES string of the molecule is O=C(O)c1ccccc1-c1[c]([Hg][Cl])c(O)c[c]([Hg][Cl])c1[N+](=O)[O-]. The second kappa shape index (κ2) is 8.09. The van der Waals surface area contributed by atoms with Gasteiger partial charge in [-0.25, -0.2) is 0 Å². The van der Waals surface area contributed by atoms with E-state index in [1.54, 1.807) is 6.07 Å². The molecule has 2 aromatic carbocycles. The van der Waals surface area contributed by atoms with Crippen molar-refractivity contribution in [2.75, 3.05) is 0 Å². The summed E-state index contributed by atoms with van der Waals surface area (Å²) in [5.41, 5.74) is 0.0419. The number of benzene rings is 2. The number of carbonyl (C=O) groups is 1. The molecule has 0 atom stereocenters. The molecule has 0 aliphatic carbocycles. The van der Waals surface area contributed by atoms with E-state index in [0.29, 0.717) is 6.14 Å². The van der Waals surface area contributed by atoms with Gasteiger partial charge in [0, 0.05) is 0 Å². The summed E-state index contributed by atoms with van der Waals surface area (Å²) in [5.74, 6) is -1.31. The number of hydrogen-bond donors (Lipinski definition) is 2. The molecule has 0 unspecified atom stereocenters. The van der Waals surface area contributed by atoms with Crippen molar-refractivity contribution in [1.82, 2.24) is 0 Å². The number of nitrogens with zero attached hydrogens (tertiary/aromatic N) is 1. The van der Waals surface area contributed by atoms with Crippen LogP contribution in [0.1, 0.15) is 10.4 Å². The number of carboxylic acid groups (broad SMARTS) is 1. The fourth-order valence-electron chi connectivity index (χ4n) is 2.38. The molecule has 0 radical (unpaired) electrons. The fraction of sp³-hybridized carbons (Fsp3) is 0. The number of nitro groups is 1. The summed E-state index contributed by atoms with van der Waals surface area (Å²) in [4.78, 5) is 22.5. The second-order valence-corrected chi connectivity index (χ2v) is 17.1. The molecular weight excluding hydrogens is 722 g/mol. The zero-order chi connectivity index (χ0) is 17.1. The van der Waals surface area contributed by atoms with Crippen molar-refractivity contribution in [1.29, 1.82) is 0 Å². The molecule has 2 N–H and O–H groups in total. The number of rotatable bonds is 5. The number of hydrogen-bond acceptors (Lipinski definition) is 4. The standard InChI is InChI=1S/C13H7NO5.2ClH.2Hg/c15-8-5-6-12(14(18)19)11(7-8)9-3-1-2-4-10(9)13(16)17;;;;/h1-5,15H,(H,16,17);2*1H;;/q;;;2*+1/p-2. The summed E-state index contributed by atoms with van der Waals surface area (Å²) in [6.45, 7) is 0. The molecule has 0 aromatic heterocycles. The van der Waals surface area contributed by atoms with Crippen molar-refractivity contribution in [3.8, 4) is 16.9 Å². The van der Waals surface area contributed by atoms with Crippen molar-refractivity contribution in [3.63, 3.8) is 0 Å². The molecule has 23 heavy (non-hydrogen) atoms. The number of phenolic OH excluding ortho intramolecular Hbond substituents is 1. The van der Waals surface area contributed by atoms with Crippen LogP contribution in [0.25, 0.3) is 11.1 Å². The summed E-state index contributed by atoms with van der Waals surface area (Å²) in [6, 6.07) is 7.32. The van der Waals surface area contributed by atoms with E-state index in [0.717, 1.165) is 0 Å². The van der Waals surface area contributed by atoms with E-state index in [4.69, 9.17) is 16.5 Å². The normalized spacial score (nSPS) is 9.83. The van der Waals surface area contributed by atoms with Crippen molar-refractivity contribution in [2.45, 2.75) is 0 Å². The minimum absolute atomic E-state index is 0.0712. The van der Waals surface area contributed by atoms with Gasteiger partial charge in [0.15, 0.2) is 0 Å². The summed E-state index contributed by atoms with van der Waals surface area (Å²) in [7, 11) is 12.0. The van der Waals surface area contributed by atoms with Gasteiger partial charge in [-0.15, -0.1) is 0 Å². The number of halogens is 2. The van der Waals surface area contributed by atoms with Crippen LogP contribution in [0.3, 0.4) is 0 Å². The van der Waals surface area contributed by atoms with Crippen molar-refractivity contribution in [2.24, 2.45) is 0 Å². The average molecular weight is 729 g/mol. The van der Waals surface area contributed by atoms with Crippen LogP contribution in [-0.4, -0.2) is 21.1 Å². The first-order valence-corrected chi connectivity index (χ1v) is 25.4. The number of nitro benzene ring substituents is 1. The molecule has 0 spiro atoms. The molecule has 0 saturated heterocycles. The van der Waals surface area contributed by atoms with Gasteiger partial charge in [0.2, 0.25) is 0 Å². The van der Waals surface area contributed by atoms with E-state index in [-0.39, 0.29) is 28.1 Å². The molecule has 0 aliphatic rings. The van der Waals surface area contributed by atoms with Gasteiger partial charge in [0.05, 0.1) is 0 Å². The molecule has 0 aliphatic heterocycles. The first-order chi connectivity index (χ1) is 10.9. The fourth-order valence-corrected chi connectivity index (χ4v) is 12.1. The van der Waals surface area contributed by atoms with Gasteiger partial charge in [-0.3, -0.25) is 0 Å². The maximum absolute atomic E-state index is 11.6. The molecule has 6 nitrogen and oxygen atoms in total. The molecule has 0 heterocycles. The van der Waals surface area contributed by atoms with E-state index in [1.165, 1.54) is 24.3 Å². The Morgan fingerprint density at radius 2 is 1.87 bits per heavy atom. The van der Waals surface area contributed by atoms with Gasteiger partial charge < -0.3 is 0 Å². The summed E-state index contributed by atoms with van der Waals surface area (Å²) >= 11 is -4.57. The first kappa shape index (κ1) is 18.9. The van der Waals surface area contributed by atoms with Crippen molar-refractivity contribution < 1.29 is 66.6 Å². The van der Waals surface area contributed by atoms with Crippen LogP contribution in [0.4, 0.5) is 5.69 Å². The minimum atomic E-state index is -2.32. The van der Waals surface area contributed by atoms with Crippen LogP contribution in [0.2, 0.25) is 0 Å². The zero-order valence-corrected chi connectivity index (χ0v) is 24.1. The Balaban J connectivity index is 2.98. The first-order valence-electron chi connectivity index (χ1n) is 6.39.